The van der Waals surface area contributed by atoms with Crippen LogP contribution in [0.15, 0.2) is 43.0 Å². The van der Waals surface area contributed by atoms with Crippen molar-refractivity contribution in [2.75, 3.05) is 38.3 Å². The van der Waals surface area contributed by atoms with Crippen molar-refractivity contribution in [2.24, 2.45) is 11.1 Å². The molecule has 43 heavy (non-hydrogen) atoms. The zero-order valence-electron chi connectivity index (χ0n) is 23.5. The zero-order chi connectivity index (χ0) is 29.5. The number of imidazole rings is 1. The lowest BCUT2D eigenvalue weighted by Crippen LogP contribution is -2.49. The Balaban J connectivity index is 1.13. The summed E-state index contributed by atoms with van der Waals surface area (Å²) < 4.78 is 39.2. The molecular weight excluding hydrogens is 558 g/mol. The van der Waals surface area contributed by atoms with Crippen LogP contribution in [0.25, 0.3) is 16.9 Å². The summed E-state index contributed by atoms with van der Waals surface area (Å²) in [6, 6.07) is 4.48. The maximum absolute atomic E-state index is 13.4. The van der Waals surface area contributed by atoms with Crippen LogP contribution in [0.3, 0.4) is 0 Å². The highest BCUT2D eigenvalue weighted by molar-refractivity contribution is 5.98. The van der Waals surface area contributed by atoms with Crippen LogP contribution in [-0.2, 0) is 4.74 Å². The van der Waals surface area contributed by atoms with E-state index in [9.17, 15) is 13.6 Å². The molecule has 0 radical (unpaired) electrons. The second kappa shape index (κ2) is 9.64. The molecule has 3 aromatic heterocycles. The average molecular weight is 589 g/mol. The number of hydrogen-bond donors (Lipinski definition) is 1. The maximum atomic E-state index is 13.4. The number of rotatable bonds is 4. The summed E-state index contributed by atoms with van der Waals surface area (Å²) in [6.07, 6.45) is 9.63. The Morgan fingerprint density at radius 2 is 1.88 bits per heavy atom. The first-order valence-electron chi connectivity index (χ1n) is 14.5. The molecule has 1 aliphatic carbocycles. The van der Waals surface area contributed by atoms with E-state index in [4.69, 9.17) is 20.2 Å². The van der Waals surface area contributed by atoms with E-state index >= 15 is 0 Å². The van der Waals surface area contributed by atoms with Gasteiger partial charge in [-0.15, -0.1) is 0 Å². The van der Waals surface area contributed by atoms with Crippen LogP contribution in [0.2, 0.25) is 0 Å². The van der Waals surface area contributed by atoms with E-state index in [2.05, 4.69) is 19.9 Å². The molecule has 13 heteroatoms. The Morgan fingerprint density at radius 1 is 1.12 bits per heavy atom. The number of ether oxygens (including phenoxy) is 2. The average Bonchev–Trinajstić information content (AvgIpc) is 3.66. The summed E-state index contributed by atoms with van der Waals surface area (Å²) >= 11 is 0. The predicted molar refractivity (Wildman–Crippen MR) is 151 cm³/mol. The summed E-state index contributed by atoms with van der Waals surface area (Å²) in [5.41, 5.74) is 10.3. The van der Waals surface area contributed by atoms with E-state index in [1.807, 2.05) is 10.6 Å². The standard InChI is InChI=1S/C30H30F2N8O3/c1-38-20-9-19(23-18(26(38)41)3-2-4-21(23)43-27(31)32)25-24(20)37-29-36-12-17(13-40(25)29)16-10-34-28(35-11-16)39-7-5-30(6-8-39)15-42-14-22(30)33/h2-4,10-13,19-20,22,27H,5-9,14-15,33H2,1H3. The Hall–Kier alpha value is -4.23. The van der Waals surface area contributed by atoms with Crippen LogP contribution in [0.5, 0.6) is 5.75 Å². The molecular formula is C30H30F2N8O3. The first-order chi connectivity index (χ1) is 20.8. The number of benzene rings is 1. The molecule has 0 saturated carbocycles. The molecule has 3 atom stereocenters. The van der Waals surface area contributed by atoms with Gasteiger partial charge in [0.15, 0.2) is 0 Å². The summed E-state index contributed by atoms with van der Waals surface area (Å²) in [4.78, 5) is 35.9. The molecule has 2 N–H and O–H groups in total. The monoisotopic (exact) mass is 588 g/mol. The number of nitrogens with zero attached hydrogens (tertiary/aromatic N) is 7. The van der Waals surface area contributed by atoms with Gasteiger partial charge in [0.05, 0.1) is 30.6 Å². The van der Waals surface area contributed by atoms with Gasteiger partial charge in [0.2, 0.25) is 11.7 Å². The Bertz CT molecular complexity index is 1740. The minimum Gasteiger partial charge on any atom is -0.434 e. The van der Waals surface area contributed by atoms with Gasteiger partial charge in [-0.2, -0.15) is 8.78 Å². The molecule has 1 spiro atoms. The predicted octanol–water partition coefficient (Wildman–Crippen LogP) is 3.39. The molecule has 2 bridgehead atoms. The van der Waals surface area contributed by atoms with E-state index in [1.165, 1.54) is 6.07 Å². The van der Waals surface area contributed by atoms with Gasteiger partial charge in [-0.25, -0.2) is 19.9 Å². The summed E-state index contributed by atoms with van der Waals surface area (Å²) in [6.45, 7) is -0.0303. The van der Waals surface area contributed by atoms with Gasteiger partial charge in [0.25, 0.3) is 5.91 Å². The largest absolute Gasteiger partial charge is 0.434 e. The van der Waals surface area contributed by atoms with Crippen molar-refractivity contribution < 1.29 is 23.0 Å². The van der Waals surface area contributed by atoms with Crippen LogP contribution in [0.4, 0.5) is 14.7 Å². The fourth-order valence-electron chi connectivity index (χ4n) is 7.35. The Morgan fingerprint density at radius 3 is 2.60 bits per heavy atom. The van der Waals surface area contributed by atoms with Crippen LogP contribution in [-0.4, -0.2) is 81.1 Å². The molecule has 4 aromatic rings. The lowest BCUT2D eigenvalue weighted by molar-refractivity contribution is -0.0506. The van der Waals surface area contributed by atoms with E-state index < -0.39 is 6.61 Å². The van der Waals surface area contributed by atoms with Crippen molar-refractivity contribution in [3.8, 4) is 16.9 Å². The van der Waals surface area contributed by atoms with Crippen molar-refractivity contribution in [1.82, 2.24) is 29.2 Å². The lowest BCUT2D eigenvalue weighted by atomic mass is 9.75. The Labute approximate surface area is 245 Å². The number of carbonyl (C=O) groups is 1. The van der Waals surface area contributed by atoms with Gasteiger partial charge in [0.1, 0.15) is 5.75 Å². The van der Waals surface area contributed by atoms with E-state index in [-0.39, 0.29) is 35.1 Å². The first kappa shape index (κ1) is 26.4. The maximum Gasteiger partial charge on any atom is 0.387 e. The Kier molecular flexibility index (Phi) is 5.92. The van der Waals surface area contributed by atoms with E-state index in [0.29, 0.717) is 41.6 Å². The van der Waals surface area contributed by atoms with Crippen molar-refractivity contribution in [3.05, 3.63) is 65.5 Å². The van der Waals surface area contributed by atoms with Crippen LogP contribution >= 0.6 is 0 Å². The summed E-state index contributed by atoms with van der Waals surface area (Å²) in [5.74, 6) is 0.504. The van der Waals surface area contributed by atoms with Crippen molar-refractivity contribution in [2.45, 2.75) is 43.9 Å². The highest BCUT2D eigenvalue weighted by Gasteiger charge is 2.47. The molecule has 1 amide bonds. The van der Waals surface area contributed by atoms with Gasteiger partial charge < -0.3 is 25.0 Å². The highest BCUT2D eigenvalue weighted by atomic mass is 19.3. The number of carbonyl (C=O) groups excluding carboxylic acids is 1. The molecule has 3 aliphatic heterocycles. The van der Waals surface area contributed by atoms with E-state index in [0.717, 1.165) is 49.4 Å². The molecule has 222 valence electrons. The molecule has 2 saturated heterocycles. The van der Waals surface area contributed by atoms with E-state index in [1.54, 1.807) is 42.7 Å². The van der Waals surface area contributed by atoms with Gasteiger partial charge in [-0.05, 0) is 31.4 Å². The normalized spacial score (nSPS) is 24.1. The number of hydrogen-bond acceptors (Lipinski definition) is 9. The number of nitrogens with two attached hydrogens (primary N) is 1. The molecule has 8 rings (SSSR count). The van der Waals surface area contributed by atoms with Crippen molar-refractivity contribution in [1.29, 1.82) is 0 Å². The molecule has 1 aromatic carbocycles. The van der Waals surface area contributed by atoms with Crippen molar-refractivity contribution in [3.63, 3.8) is 0 Å². The SMILES string of the molecule is CN1C(=O)c2cccc(OC(F)F)c2C2CC1c1nc3ncc(-c4cnc(N5CCC6(CC5)COCC6N)nc4)cn3c12. The summed E-state index contributed by atoms with van der Waals surface area (Å²) in [7, 11) is 1.72. The van der Waals surface area contributed by atoms with Gasteiger partial charge in [0, 0.05) is 84.6 Å². The molecule has 4 aliphatic rings. The first-order valence-corrected chi connectivity index (χ1v) is 14.5. The minimum absolute atomic E-state index is 0.00174. The molecule has 6 heterocycles. The van der Waals surface area contributed by atoms with Crippen LogP contribution in [0.1, 0.15) is 58.5 Å². The van der Waals surface area contributed by atoms with Gasteiger partial charge >= 0.3 is 6.61 Å². The number of piperidine rings is 1. The van der Waals surface area contributed by atoms with Gasteiger partial charge in [-0.3, -0.25) is 9.20 Å². The third-order valence-electron chi connectivity index (χ3n) is 9.79. The second-order valence-electron chi connectivity index (χ2n) is 12.0. The minimum atomic E-state index is -3.02. The number of halogens is 2. The van der Waals surface area contributed by atoms with Crippen LogP contribution < -0.4 is 15.4 Å². The third-order valence-corrected chi connectivity index (χ3v) is 9.79. The zero-order valence-corrected chi connectivity index (χ0v) is 23.5. The van der Waals surface area contributed by atoms with Gasteiger partial charge in [-0.1, -0.05) is 6.07 Å². The highest BCUT2D eigenvalue weighted by Crippen LogP contribution is 2.52. The molecule has 3 unspecified atom stereocenters. The fourth-order valence-corrected chi connectivity index (χ4v) is 7.35. The lowest BCUT2D eigenvalue weighted by Gasteiger charge is -2.40. The second-order valence-corrected chi connectivity index (χ2v) is 12.0. The van der Waals surface area contributed by atoms with Crippen molar-refractivity contribution >= 4 is 17.6 Å². The smallest absolute Gasteiger partial charge is 0.387 e. The topological polar surface area (TPSA) is 124 Å². The summed E-state index contributed by atoms with van der Waals surface area (Å²) in [5, 5.41) is 0. The number of amides is 1. The number of fused-ring (bicyclic) bond motifs is 9. The number of alkyl halides is 2. The molecule has 11 nitrogen and oxygen atoms in total. The number of anilines is 1. The third kappa shape index (κ3) is 4.01. The van der Waals surface area contributed by atoms with Crippen LogP contribution in [0, 0.1) is 5.41 Å². The quantitative estimate of drug-likeness (QED) is 0.382. The number of aromatic nitrogens is 5. The fraction of sp³-hybridized carbons (Fsp3) is 0.433. The molecule has 2 fully saturated rings.